The van der Waals surface area contributed by atoms with Gasteiger partial charge in [-0.3, -0.25) is 9.59 Å². The fraction of sp³-hybridized carbons (Fsp3) is 0.375. The summed E-state index contributed by atoms with van der Waals surface area (Å²) in [6, 6.07) is 11.7. The van der Waals surface area contributed by atoms with Crippen LogP contribution in [0.15, 0.2) is 59.3 Å². The van der Waals surface area contributed by atoms with Crippen molar-refractivity contribution in [1.82, 2.24) is 4.57 Å². The minimum atomic E-state index is -0.405. The summed E-state index contributed by atoms with van der Waals surface area (Å²) in [5.74, 6) is 1.12. The Morgan fingerprint density at radius 1 is 1.31 bits per heavy atom. The number of hydrogen-bond donors (Lipinski definition) is 2. The van der Waals surface area contributed by atoms with E-state index in [1.54, 1.807) is 13.2 Å². The zero-order valence-corrected chi connectivity index (χ0v) is 22.9. The lowest BCUT2D eigenvalue weighted by atomic mass is 9.61. The topological polar surface area (TPSA) is 80.6 Å². The van der Waals surface area contributed by atoms with Gasteiger partial charge >= 0.3 is 0 Å². The van der Waals surface area contributed by atoms with Gasteiger partial charge in [0.15, 0.2) is 0 Å². The number of aromatic hydroxyl groups is 1. The number of para-hydroxylation sites is 1. The van der Waals surface area contributed by atoms with Crippen molar-refractivity contribution >= 4 is 28.7 Å². The molecule has 0 saturated carbocycles. The molecule has 7 rings (SSSR count). The largest absolute Gasteiger partial charge is 0.506 e. The van der Waals surface area contributed by atoms with E-state index in [-0.39, 0.29) is 23.5 Å². The Morgan fingerprint density at radius 3 is 2.87 bits per heavy atom. The number of benzene rings is 2. The summed E-state index contributed by atoms with van der Waals surface area (Å²) in [7, 11) is 3.66. The molecule has 1 aromatic heterocycles. The normalized spacial score (nSPS) is 29.4. The molecule has 2 saturated heterocycles. The number of aryl methyl sites for hydroxylation is 1. The number of nitrogens with one attached hydrogen (secondary N) is 1. The highest BCUT2D eigenvalue weighted by Gasteiger charge is 2.69. The zero-order chi connectivity index (χ0) is 27.3. The van der Waals surface area contributed by atoms with E-state index in [1.165, 1.54) is 5.57 Å². The molecule has 1 aliphatic carbocycles. The van der Waals surface area contributed by atoms with Crippen LogP contribution in [-0.4, -0.2) is 59.0 Å². The van der Waals surface area contributed by atoms with Crippen molar-refractivity contribution in [1.29, 1.82) is 0 Å². The fourth-order valence-corrected chi connectivity index (χ4v) is 8.58. The molecule has 2 fully saturated rings. The molecule has 7 heteroatoms. The third-order valence-corrected chi connectivity index (χ3v) is 10.4. The van der Waals surface area contributed by atoms with Gasteiger partial charge in [-0.15, -0.1) is 0 Å². The van der Waals surface area contributed by atoms with Gasteiger partial charge in [-0.2, -0.15) is 0 Å². The summed E-state index contributed by atoms with van der Waals surface area (Å²) >= 11 is 0. The molecule has 2 unspecified atom stereocenters. The standard InChI is InChI=1S/C32H33N3O4/c1-5-19-15-35(16-27(38)29-18(2)34(3)25-10-9-20(39-4)13-22(25)29)12-11-32-24-7-6-8-26(37)30(24)33-31(32)23(17-36)21(19)14-28(32)35/h5-10,13,17,21,28H,11-12,14-16H2,1-4H3,(H-,33,36,37)/p+1/b19-5-/t21-,28?,32+,35?/m0/s1. The number of phenolic OH excluding ortho intramolecular Hbond substituents is 1. The number of nitrogens with zero attached hydrogens (tertiary/aromatic N) is 2. The fourth-order valence-electron chi connectivity index (χ4n) is 8.58. The maximum Gasteiger partial charge on any atom is 0.219 e. The molecule has 0 amide bonds. The van der Waals surface area contributed by atoms with Gasteiger partial charge in [-0.1, -0.05) is 18.2 Å². The van der Waals surface area contributed by atoms with E-state index < -0.39 is 5.41 Å². The number of carbonyl (C=O) groups is 2. The van der Waals surface area contributed by atoms with Crippen molar-refractivity contribution in [3.63, 3.8) is 0 Å². The first-order valence-corrected chi connectivity index (χ1v) is 13.8. The second-order valence-corrected chi connectivity index (χ2v) is 11.7. The summed E-state index contributed by atoms with van der Waals surface area (Å²) in [4.78, 5) is 27.0. The summed E-state index contributed by atoms with van der Waals surface area (Å²) in [6.45, 7) is 6.05. The third kappa shape index (κ3) is 2.91. The molecule has 2 aromatic carbocycles. The summed E-state index contributed by atoms with van der Waals surface area (Å²) in [5, 5.41) is 15.2. The van der Waals surface area contributed by atoms with Gasteiger partial charge in [0.2, 0.25) is 5.78 Å². The number of aromatic nitrogens is 1. The number of carbonyl (C=O) groups excluding carboxylic acids is 2. The summed E-state index contributed by atoms with van der Waals surface area (Å²) in [6.07, 6.45) is 4.82. The Morgan fingerprint density at radius 2 is 2.13 bits per heavy atom. The average Bonchev–Trinajstić information content (AvgIpc) is 3.55. The molecule has 3 aliphatic heterocycles. The van der Waals surface area contributed by atoms with Crippen LogP contribution in [-0.2, 0) is 17.3 Å². The number of methoxy groups -OCH3 is 1. The maximum atomic E-state index is 14.4. The molecule has 200 valence electrons. The average molecular weight is 525 g/mol. The summed E-state index contributed by atoms with van der Waals surface area (Å²) < 4.78 is 8.26. The number of Topliss-reactive ketones (excluding diaryl/α,β-unsaturated/α-hetero) is 1. The van der Waals surface area contributed by atoms with Gasteiger partial charge in [0.05, 0.1) is 30.3 Å². The third-order valence-electron chi connectivity index (χ3n) is 10.4. The first-order chi connectivity index (χ1) is 18.8. The molecule has 4 heterocycles. The van der Waals surface area contributed by atoms with Gasteiger partial charge in [0.1, 0.15) is 36.9 Å². The molecule has 4 aliphatic rings. The van der Waals surface area contributed by atoms with Crippen LogP contribution < -0.4 is 10.1 Å². The lowest BCUT2D eigenvalue weighted by molar-refractivity contribution is -0.934. The van der Waals surface area contributed by atoms with Crippen LogP contribution in [0.5, 0.6) is 11.5 Å². The van der Waals surface area contributed by atoms with E-state index >= 15 is 0 Å². The summed E-state index contributed by atoms with van der Waals surface area (Å²) in [5.41, 5.74) is 7.08. The Bertz CT molecular complexity index is 1660. The first kappa shape index (κ1) is 24.2. The van der Waals surface area contributed by atoms with Gasteiger partial charge in [-0.25, -0.2) is 0 Å². The van der Waals surface area contributed by atoms with Crippen LogP contribution in [0.2, 0.25) is 0 Å². The molecular formula is C32H34N3O4+. The maximum absolute atomic E-state index is 14.4. The Hall–Kier alpha value is -3.84. The van der Waals surface area contributed by atoms with Crippen molar-refractivity contribution < 1.29 is 23.9 Å². The number of phenols is 1. The lowest BCUT2D eigenvalue weighted by Crippen LogP contribution is -2.64. The van der Waals surface area contributed by atoms with Gasteiger partial charge in [0, 0.05) is 53.7 Å². The Kier molecular flexibility index (Phi) is 5.02. The smallest absolute Gasteiger partial charge is 0.219 e. The molecule has 4 atom stereocenters. The van der Waals surface area contributed by atoms with E-state index in [1.807, 2.05) is 45.2 Å². The number of ether oxygens (including phenoxy) is 1. The van der Waals surface area contributed by atoms with Crippen molar-refractivity contribution in [2.24, 2.45) is 13.0 Å². The number of allylic oxidation sites excluding steroid dienone is 2. The Labute approximate surface area is 228 Å². The first-order valence-electron chi connectivity index (χ1n) is 13.8. The van der Waals surface area contributed by atoms with Crippen LogP contribution in [0.4, 0.5) is 5.69 Å². The number of anilines is 1. The van der Waals surface area contributed by atoms with Crippen LogP contribution >= 0.6 is 0 Å². The minimum absolute atomic E-state index is 0.0348. The number of piperidine rings is 1. The molecular weight excluding hydrogens is 490 g/mol. The Balaban J connectivity index is 1.39. The number of fused-ring (bicyclic) bond motifs is 3. The highest BCUT2D eigenvalue weighted by atomic mass is 16.5. The van der Waals surface area contributed by atoms with Crippen molar-refractivity contribution in [2.75, 3.05) is 32.1 Å². The number of quaternary nitrogens is 1. The van der Waals surface area contributed by atoms with E-state index in [2.05, 4.69) is 22.0 Å². The molecule has 2 bridgehead atoms. The molecule has 0 radical (unpaired) electrons. The second kappa shape index (κ2) is 8.09. The lowest BCUT2D eigenvalue weighted by Gasteiger charge is -2.53. The molecule has 2 N–H and O–H groups in total. The van der Waals surface area contributed by atoms with E-state index in [0.717, 1.165) is 77.0 Å². The van der Waals surface area contributed by atoms with E-state index in [0.29, 0.717) is 16.7 Å². The van der Waals surface area contributed by atoms with Gasteiger partial charge in [0.25, 0.3) is 0 Å². The molecule has 3 aromatic rings. The second-order valence-electron chi connectivity index (χ2n) is 11.7. The monoisotopic (exact) mass is 524 g/mol. The van der Waals surface area contributed by atoms with Gasteiger partial charge in [-0.05, 0) is 49.2 Å². The molecule has 39 heavy (non-hydrogen) atoms. The SMILES string of the molecule is C/C=C1/C[N+]2(CC(=O)c3c(C)n(C)c4ccc(OC)cc34)CC[C@]34C(=C(C=O)[C@H]1CC32)Nc1c(O)cccc14. The van der Waals surface area contributed by atoms with E-state index in [9.17, 15) is 14.7 Å². The highest BCUT2D eigenvalue weighted by molar-refractivity contribution is 6.10. The van der Waals surface area contributed by atoms with E-state index in [4.69, 9.17) is 4.74 Å². The van der Waals surface area contributed by atoms with Crippen LogP contribution in [0.1, 0.15) is 41.4 Å². The quantitative estimate of drug-likeness (QED) is 0.165. The molecule has 7 nitrogen and oxygen atoms in total. The van der Waals surface area contributed by atoms with Crippen molar-refractivity contribution in [2.45, 2.75) is 38.1 Å². The number of aldehydes is 1. The molecule has 1 spiro atoms. The van der Waals surface area contributed by atoms with Crippen LogP contribution in [0.25, 0.3) is 10.9 Å². The van der Waals surface area contributed by atoms with Crippen LogP contribution in [0.3, 0.4) is 0 Å². The van der Waals surface area contributed by atoms with Crippen molar-refractivity contribution in [3.05, 3.63) is 76.1 Å². The highest BCUT2D eigenvalue weighted by Crippen LogP contribution is 2.64. The predicted molar refractivity (Wildman–Crippen MR) is 150 cm³/mol. The van der Waals surface area contributed by atoms with Crippen molar-refractivity contribution in [3.8, 4) is 11.5 Å². The van der Waals surface area contributed by atoms with Gasteiger partial charge < -0.3 is 24.2 Å². The number of ketones is 1. The number of hydrogen-bond acceptors (Lipinski definition) is 5. The van der Waals surface area contributed by atoms with Crippen LogP contribution in [0, 0.1) is 12.8 Å². The minimum Gasteiger partial charge on any atom is -0.506 e. The number of rotatable bonds is 5. The zero-order valence-electron chi connectivity index (χ0n) is 22.9. The predicted octanol–water partition coefficient (Wildman–Crippen LogP) is 4.77.